The fourth-order valence-corrected chi connectivity index (χ4v) is 5.37. The number of methoxy groups -OCH3 is 1. The summed E-state index contributed by atoms with van der Waals surface area (Å²) in [5, 5.41) is 0. The number of likely N-dealkylation sites (N-methyl/N-ethyl adjacent to an activating group) is 1. The fourth-order valence-electron chi connectivity index (χ4n) is 4.27. The molecule has 6 nitrogen and oxygen atoms in total. The molecule has 0 radical (unpaired) electrons. The van der Waals surface area contributed by atoms with Crippen LogP contribution in [0.3, 0.4) is 0 Å². The van der Waals surface area contributed by atoms with Crippen LogP contribution in [-0.2, 0) is 22.6 Å². The lowest BCUT2D eigenvalue weighted by molar-refractivity contribution is -0.131. The van der Waals surface area contributed by atoms with Crippen LogP contribution in [0.5, 0.6) is 0 Å². The molecule has 0 bridgehead atoms. The lowest BCUT2D eigenvalue weighted by Crippen LogP contribution is -2.41. The Morgan fingerprint density at radius 3 is 1.91 bits per heavy atom. The number of hydrogen-bond acceptors (Lipinski definition) is 6. The molecule has 0 N–H and O–H groups in total. The molecule has 180 valence electrons. The Balaban J connectivity index is 1.91. The molecule has 1 heterocycles. The monoisotopic (exact) mass is 488 g/mol. The van der Waals surface area contributed by atoms with Gasteiger partial charge in [0.2, 0.25) is 11.6 Å². The van der Waals surface area contributed by atoms with E-state index in [1.165, 1.54) is 30.4 Å². The van der Waals surface area contributed by atoms with Gasteiger partial charge in [0.05, 0.1) is 4.88 Å². The molecule has 2 aromatic carbocycles. The minimum absolute atomic E-state index is 0.0951. The third kappa shape index (κ3) is 4.83. The van der Waals surface area contributed by atoms with Crippen LogP contribution in [0.4, 0.5) is 0 Å². The van der Waals surface area contributed by atoms with Crippen molar-refractivity contribution in [2.24, 2.45) is 0 Å². The first-order valence-corrected chi connectivity index (χ1v) is 12.2. The zero-order valence-electron chi connectivity index (χ0n) is 20.3. The molecular formula is C28H28N2O4S. The summed E-state index contributed by atoms with van der Waals surface area (Å²) < 4.78 is 5.04. The number of carbonyl (C=O) groups is 3. The standard InChI is InChI=1S/C28H28N2O4S/c1-18-19(2)35-28-23(18)26(32)25(24(27(28)33)29(3)22(31)17-34-4)30(15-20-11-7-5-8-12-20)16-21-13-9-6-10-14-21/h5-14H,15-17H2,1-4H3. The van der Waals surface area contributed by atoms with Gasteiger partial charge in [-0.05, 0) is 30.5 Å². The lowest BCUT2D eigenvalue weighted by Gasteiger charge is -2.33. The molecule has 1 aliphatic rings. The number of nitrogens with zero attached hydrogens (tertiary/aromatic N) is 2. The molecule has 1 amide bonds. The molecule has 1 aliphatic carbocycles. The van der Waals surface area contributed by atoms with E-state index in [2.05, 4.69) is 0 Å². The highest BCUT2D eigenvalue weighted by molar-refractivity contribution is 7.15. The van der Waals surface area contributed by atoms with Crippen molar-refractivity contribution in [3.63, 3.8) is 0 Å². The molecule has 3 aromatic rings. The smallest absolute Gasteiger partial charge is 0.252 e. The van der Waals surface area contributed by atoms with Crippen LogP contribution in [0.15, 0.2) is 72.1 Å². The van der Waals surface area contributed by atoms with E-state index >= 15 is 0 Å². The van der Waals surface area contributed by atoms with E-state index in [0.717, 1.165) is 21.6 Å². The first kappa shape index (κ1) is 24.6. The average molecular weight is 489 g/mol. The van der Waals surface area contributed by atoms with Gasteiger partial charge in [0, 0.05) is 37.7 Å². The summed E-state index contributed by atoms with van der Waals surface area (Å²) in [6, 6.07) is 19.6. The number of Topliss-reactive ketones (excluding diaryl/α,β-unsaturated/α-hetero) is 2. The molecule has 0 atom stereocenters. The van der Waals surface area contributed by atoms with Gasteiger partial charge in [-0.1, -0.05) is 60.7 Å². The van der Waals surface area contributed by atoms with Gasteiger partial charge in [-0.2, -0.15) is 0 Å². The Hall–Kier alpha value is -3.55. The van der Waals surface area contributed by atoms with Crippen molar-refractivity contribution in [1.29, 1.82) is 0 Å². The zero-order chi connectivity index (χ0) is 25.1. The van der Waals surface area contributed by atoms with Gasteiger partial charge in [0.25, 0.3) is 5.91 Å². The first-order valence-electron chi connectivity index (χ1n) is 11.4. The van der Waals surface area contributed by atoms with Crippen LogP contribution in [0.1, 0.15) is 41.6 Å². The van der Waals surface area contributed by atoms with Gasteiger partial charge in [-0.25, -0.2) is 0 Å². The second-order valence-corrected chi connectivity index (χ2v) is 9.78. The van der Waals surface area contributed by atoms with Gasteiger partial charge >= 0.3 is 0 Å². The van der Waals surface area contributed by atoms with Crippen LogP contribution < -0.4 is 0 Å². The third-order valence-corrected chi connectivity index (χ3v) is 7.41. The molecule has 0 unspecified atom stereocenters. The van der Waals surface area contributed by atoms with Crippen molar-refractivity contribution in [3.8, 4) is 0 Å². The Morgan fingerprint density at radius 2 is 1.40 bits per heavy atom. The van der Waals surface area contributed by atoms with Gasteiger partial charge < -0.3 is 14.5 Å². The maximum absolute atomic E-state index is 14.1. The molecule has 7 heteroatoms. The topological polar surface area (TPSA) is 66.9 Å². The quantitative estimate of drug-likeness (QED) is 0.457. The number of benzene rings is 2. The predicted octanol–water partition coefficient (Wildman–Crippen LogP) is 4.76. The van der Waals surface area contributed by atoms with Crippen molar-refractivity contribution in [3.05, 3.63) is 104 Å². The number of amides is 1. The normalized spacial score (nSPS) is 13.1. The summed E-state index contributed by atoms with van der Waals surface area (Å²) in [5.74, 6) is -0.941. The largest absolute Gasteiger partial charge is 0.375 e. The zero-order valence-corrected chi connectivity index (χ0v) is 21.1. The Bertz CT molecular complexity index is 1250. The minimum atomic E-state index is -0.394. The fraction of sp³-hybridized carbons (Fsp3) is 0.250. The number of hydrogen-bond donors (Lipinski definition) is 0. The second kappa shape index (κ2) is 10.4. The number of ketones is 2. The highest BCUT2D eigenvalue weighted by atomic mass is 32.1. The third-order valence-electron chi connectivity index (χ3n) is 6.20. The van der Waals surface area contributed by atoms with E-state index in [0.29, 0.717) is 23.5 Å². The molecule has 1 aromatic heterocycles. The molecule has 0 aliphatic heterocycles. The van der Waals surface area contributed by atoms with Crippen molar-refractivity contribution in [2.75, 3.05) is 20.8 Å². The molecule has 0 saturated heterocycles. The summed E-state index contributed by atoms with van der Waals surface area (Å²) in [7, 11) is 2.96. The maximum atomic E-state index is 14.1. The first-order chi connectivity index (χ1) is 16.8. The van der Waals surface area contributed by atoms with E-state index in [4.69, 9.17) is 4.74 Å². The van der Waals surface area contributed by atoms with Crippen molar-refractivity contribution in [1.82, 2.24) is 9.80 Å². The summed E-state index contributed by atoms with van der Waals surface area (Å²) in [6.07, 6.45) is 0. The summed E-state index contributed by atoms with van der Waals surface area (Å²) >= 11 is 1.30. The van der Waals surface area contributed by atoms with Crippen molar-refractivity contribution < 1.29 is 19.1 Å². The van der Waals surface area contributed by atoms with E-state index in [1.807, 2.05) is 79.4 Å². The number of allylic oxidation sites excluding steroid dienone is 2. The van der Waals surface area contributed by atoms with Crippen LogP contribution in [-0.4, -0.2) is 48.0 Å². The number of fused-ring (bicyclic) bond motifs is 1. The van der Waals surface area contributed by atoms with Gasteiger partial charge in [0.1, 0.15) is 18.0 Å². The summed E-state index contributed by atoms with van der Waals surface area (Å²) in [5.41, 5.74) is 3.57. The molecule has 0 fully saturated rings. The maximum Gasteiger partial charge on any atom is 0.252 e. The van der Waals surface area contributed by atoms with E-state index in [9.17, 15) is 14.4 Å². The van der Waals surface area contributed by atoms with Crippen LogP contribution >= 0.6 is 11.3 Å². The molecule has 0 spiro atoms. The van der Waals surface area contributed by atoms with Crippen LogP contribution in [0.25, 0.3) is 0 Å². The predicted molar refractivity (Wildman–Crippen MR) is 136 cm³/mol. The number of rotatable bonds is 8. The molecule has 0 saturated carbocycles. The van der Waals surface area contributed by atoms with Crippen molar-refractivity contribution in [2.45, 2.75) is 26.9 Å². The molecule has 4 rings (SSSR count). The van der Waals surface area contributed by atoms with Crippen LogP contribution in [0.2, 0.25) is 0 Å². The SMILES string of the molecule is COCC(=O)N(C)C1=C(N(Cc2ccccc2)Cc2ccccc2)C(=O)c2c(sc(C)c2C)C1=O. The summed E-state index contributed by atoms with van der Waals surface area (Å²) in [6.45, 7) is 4.39. The van der Waals surface area contributed by atoms with Crippen LogP contribution in [0, 0.1) is 13.8 Å². The lowest BCUT2D eigenvalue weighted by atomic mass is 9.92. The number of carbonyl (C=O) groups excluding carboxylic acids is 3. The van der Waals surface area contributed by atoms with Gasteiger partial charge in [0.15, 0.2) is 0 Å². The van der Waals surface area contributed by atoms with E-state index in [1.54, 1.807) is 0 Å². The molecular weight excluding hydrogens is 460 g/mol. The summed E-state index contributed by atoms with van der Waals surface area (Å²) in [4.78, 5) is 45.3. The Morgan fingerprint density at radius 1 is 0.857 bits per heavy atom. The van der Waals surface area contributed by atoms with Gasteiger partial charge in [-0.15, -0.1) is 11.3 Å². The highest BCUT2D eigenvalue weighted by Crippen LogP contribution is 2.38. The Labute approximate surface area is 209 Å². The number of thiophene rings is 1. The average Bonchev–Trinajstić information content (AvgIpc) is 3.16. The van der Waals surface area contributed by atoms with Crippen molar-refractivity contribution >= 4 is 28.8 Å². The second-order valence-electron chi connectivity index (χ2n) is 8.56. The highest BCUT2D eigenvalue weighted by Gasteiger charge is 2.41. The minimum Gasteiger partial charge on any atom is -0.375 e. The Kier molecular flexibility index (Phi) is 7.28. The van der Waals surface area contributed by atoms with E-state index in [-0.39, 0.29) is 29.6 Å². The number of ether oxygens (including phenoxy) is 1. The number of aryl methyl sites for hydroxylation is 1. The van der Waals surface area contributed by atoms with E-state index < -0.39 is 5.91 Å². The van der Waals surface area contributed by atoms with Gasteiger partial charge in [-0.3, -0.25) is 14.4 Å². The molecule has 35 heavy (non-hydrogen) atoms.